The number of carboxylic acids is 1. The van der Waals surface area contributed by atoms with E-state index in [9.17, 15) is 4.79 Å². The van der Waals surface area contributed by atoms with Crippen molar-refractivity contribution in [2.24, 2.45) is 0 Å². The first-order chi connectivity index (χ1) is 29.6. The predicted molar refractivity (Wildman–Crippen MR) is 263 cm³/mol. The fourth-order valence-corrected chi connectivity index (χ4v) is 8.08. The molecule has 0 unspecified atom stereocenters. The Morgan fingerprint density at radius 3 is 0.567 bits per heavy atom. The maximum atomic E-state index is 10.3. The van der Waals surface area contributed by atoms with Gasteiger partial charge in [0.05, 0.1) is 13.2 Å². The fraction of sp³-hybridized carbons (Fsp3) is 0.981. The number of hydrogen-bond acceptors (Lipinski definition) is 5. The van der Waals surface area contributed by atoms with Gasteiger partial charge in [-0.2, -0.15) is 0 Å². The van der Waals surface area contributed by atoms with Crippen LogP contribution in [0.2, 0.25) is 0 Å². The van der Waals surface area contributed by atoms with E-state index in [2.05, 4.69) is 30.5 Å². The number of carbonyl (C=O) groups is 1. The van der Waals surface area contributed by atoms with Gasteiger partial charge in [0.15, 0.2) is 0 Å². The molecule has 0 aromatic heterocycles. The zero-order valence-corrected chi connectivity index (χ0v) is 41.4. The average Bonchev–Trinajstić information content (AvgIpc) is 3.25. The van der Waals surface area contributed by atoms with Gasteiger partial charge in [0.2, 0.25) is 0 Å². The molecule has 0 aromatic rings. The average molecular weight is 857 g/mol. The normalized spacial score (nSPS) is 11.0. The highest BCUT2D eigenvalue weighted by molar-refractivity contribution is 5.66. The second-order valence-corrected chi connectivity index (χ2v) is 18.4. The van der Waals surface area contributed by atoms with Gasteiger partial charge in [-0.1, -0.05) is 303 Å². The second kappa shape index (κ2) is 64.9. The first-order valence-electron chi connectivity index (χ1n) is 27.3. The first kappa shape index (κ1) is 63.6. The van der Waals surface area contributed by atoms with E-state index < -0.39 is 5.97 Å². The molecular formula is C54H112O6. The van der Waals surface area contributed by atoms with E-state index in [1.807, 2.05) is 0 Å². The minimum absolute atomic E-state index is 0.345. The zero-order chi connectivity index (χ0) is 44.3. The summed E-state index contributed by atoms with van der Waals surface area (Å²) in [6, 6.07) is 0. The third-order valence-corrected chi connectivity index (χ3v) is 12.2. The first-order valence-corrected chi connectivity index (χ1v) is 27.3. The standard InChI is InChI=1S/2C18H38O2.C18H36O2/c2*1-2-3-4-5-6-7-8-9-10-11-12-13-14-15-16-17-18-20-19;1-2-3-4-5-6-7-8-9-10-11-12-13-14-15-16-17-18(19)20/h2*19H,2-18H2,1H3;2-17H2,1H3,(H,19,20). The van der Waals surface area contributed by atoms with E-state index in [0.717, 1.165) is 25.7 Å². The molecule has 0 aliphatic rings. The zero-order valence-electron chi connectivity index (χ0n) is 41.4. The van der Waals surface area contributed by atoms with E-state index in [4.69, 9.17) is 15.6 Å². The molecular weight excluding hydrogens is 745 g/mol. The molecule has 0 aliphatic heterocycles. The summed E-state index contributed by atoms with van der Waals surface area (Å²) in [5.41, 5.74) is 0. The smallest absolute Gasteiger partial charge is 0.303 e. The lowest BCUT2D eigenvalue weighted by atomic mass is 10.0. The fourth-order valence-electron chi connectivity index (χ4n) is 8.08. The highest BCUT2D eigenvalue weighted by Gasteiger charge is 1.99. The van der Waals surface area contributed by atoms with Crippen molar-refractivity contribution in [3.63, 3.8) is 0 Å². The van der Waals surface area contributed by atoms with Crippen LogP contribution in [0.15, 0.2) is 0 Å². The molecule has 0 saturated carbocycles. The van der Waals surface area contributed by atoms with Crippen molar-refractivity contribution < 1.29 is 30.2 Å². The van der Waals surface area contributed by atoms with Gasteiger partial charge < -0.3 is 5.11 Å². The quantitative estimate of drug-likeness (QED) is 0.0320. The van der Waals surface area contributed by atoms with E-state index in [1.54, 1.807) is 0 Å². The molecule has 0 aliphatic carbocycles. The van der Waals surface area contributed by atoms with Crippen molar-refractivity contribution in [3.05, 3.63) is 0 Å². The molecule has 0 aromatic carbocycles. The Morgan fingerprint density at radius 2 is 0.417 bits per heavy atom. The van der Waals surface area contributed by atoms with Gasteiger partial charge in [-0.3, -0.25) is 15.3 Å². The van der Waals surface area contributed by atoms with Crippen LogP contribution in [0.1, 0.15) is 329 Å². The van der Waals surface area contributed by atoms with Crippen molar-refractivity contribution in [3.8, 4) is 0 Å². The minimum Gasteiger partial charge on any atom is -0.481 e. The van der Waals surface area contributed by atoms with Crippen LogP contribution in [-0.4, -0.2) is 34.8 Å². The number of aliphatic carboxylic acids is 1. The van der Waals surface area contributed by atoms with Gasteiger partial charge in [-0.15, -0.1) is 0 Å². The SMILES string of the molecule is CCCCCCCCCCCCCCCCCC(=O)O.CCCCCCCCCCCCCCCCCCOO.CCCCCCCCCCCCCCCCCCOO. The third-order valence-electron chi connectivity index (χ3n) is 12.2. The molecule has 0 spiro atoms. The molecule has 0 atom stereocenters. The summed E-state index contributed by atoms with van der Waals surface area (Å²) in [5.74, 6) is -0.653. The van der Waals surface area contributed by atoms with Crippen molar-refractivity contribution in [2.75, 3.05) is 13.2 Å². The lowest BCUT2D eigenvalue weighted by Gasteiger charge is -2.03. The molecule has 6 heteroatoms. The number of rotatable bonds is 50. The summed E-state index contributed by atoms with van der Waals surface area (Å²) >= 11 is 0. The lowest BCUT2D eigenvalue weighted by Crippen LogP contribution is -1.93. The van der Waals surface area contributed by atoms with Crippen LogP contribution in [0.4, 0.5) is 0 Å². The van der Waals surface area contributed by atoms with Gasteiger partial charge in [-0.25, -0.2) is 9.78 Å². The van der Waals surface area contributed by atoms with Crippen molar-refractivity contribution >= 4 is 5.97 Å². The van der Waals surface area contributed by atoms with Crippen LogP contribution in [-0.2, 0) is 14.6 Å². The Hall–Kier alpha value is -0.690. The van der Waals surface area contributed by atoms with Gasteiger partial charge >= 0.3 is 5.97 Å². The van der Waals surface area contributed by atoms with Gasteiger partial charge in [0.1, 0.15) is 0 Å². The van der Waals surface area contributed by atoms with E-state index in [1.165, 1.54) is 276 Å². The van der Waals surface area contributed by atoms with E-state index in [0.29, 0.717) is 19.6 Å². The Balaban J connectivity index is -0.000000812. The van der Waals surface area contributed by atoms with Gasteiger partial charge in [0, 0.05) is 6.42 Å². The Labute approximate surface area is 377 Å². The summed E-state index contributed by atoms with van der Waals surface area (Å²) < 4.78 is 0. The summed E-state index contributed by atoms with van der Waals surface area (Å²) in [7, 11) is 0. The lowest BCUT2D eigenvalue weighted by molar-refractivity contribution is -0.242. The molecule has 6 nitrogen and oxygen atoms in total. The van der Waals surface area contributed by atoms with Gasteiger partial charge in [0.25, 0.3) is 0 Å². The Kier molecular flexibility index (Phi) is 68.8. The summed E-state index contributed by atoms with van der Waals surface area (Å²) in [5, 5.41) is 24.9. The third kappa shape index (κ3) is 71.8. The number of hydrogen-bond donors (Lipinski definition) is 3. The van der Waals surface area contributed by atoms with Crippen LogP contribution in [0.3, 0.4) is 0 Å². The highest BCUT2D eigenvalue weighted by atomic mass is 17.1. The molecule has 0 amide bonds. The maximum absolute atomic E-state index is 10.3. The van der Waals surface area contributed by atoms with Crippen molar-refractivity contribution in [2.45, 2.75) is 329 Å². The summed E-state index contributed by atoms with van der Waals surface area (Å²) in [6.45, 7) is 7.83. The number of carboxylic acid groups (broad SMARTS) is 1. The molecule has 0 rings (SSSR count). The Bertz CT molecular complexity index is 632. The van der Waals surface area contributed by atoms with Gasteiger partial charge in [-0.05, 0) is 19.3 Å². The van der Waals surface area contributed by atoms with E-state index in [-0.39, 0.29) is 0 Å². The van der Waals surface area contributed by atoms with Crippen LogP contribution in [0, 0.1) is 0 Å². The van der Waals surface area contributed by atoms with Crippen LogP contribution >= 0.6 is 0 Å². The molecule has 0 fully saturated rings. The van der Waals surface area contributed by atoms with Crippen LogP contribution in [0.25, 0.3) is 0 Å². The van der Waals surface area contributed by atoms with Crippen molar-refractivity contribution in [1.29, 1.82) is 0 Å². The molecule has 0 bridgehead atoms. The molecule has 3 N–H and O–H groups in total. The second-order valence-electron chi connectivity index (χ2n) is 18.4. The van der Waals surface area contributed by atoms with Crippen LogP contribution < -0.4 is 0 Å². The number of unbranched alkanes of at least 4 members (excludes halogenated alkanes) is 44. The monoisotopic (exact) mass is 857 g/mol. The van der Waals surface area contributed by atoms with Crippen LogP contribution in [0.5, 0.6) is 0 Å². The summed E-state index contributed by atoms with van der Waals surface area (Å²) in [4.78, 5) is 18.5. The molecule has 0 radical (unpaired) electrons. The Morgan fingerprint density at radius 1 is 0.267 bits per heavy atom. The predicted octanol–water partition coefficient (Wildman–Crippen LogP) is 19.8. The molecule has 0 saturated heterocycles. The van der Waals surface area contributed by atoms with E-state index >= 15 is 0 Å². The highest BCUT2D eigenvalue weighted by Crippen LogP contribution is 2.16. The maximum Gasteiger partial charge on any atom is 0.303 e. The van der Waals surface area contributed by atoms with Crippen molar-refractivity contribution in [1.82, 2.24) is 0 Å². The summed E-state index contributed by atoms with van der Waals surface area (Å²) in [6.07, 6.45) is 64.2. The minimum atomic E-state index is -0.653. The topological polar surface area (TPSA) is 96.2 Å². The molecule has 60 heavy (non-hydrogen) atoms. The largest absolute Gasteiger partial charge is 0.481 e. The molecule has 0 heterocycles. The molecule has 364 valence electrons.